The molecule has 2 saturated heterocycles. The minimum atomic E-state index is -4.84. The topological polar surface area (TPSA) is 92.9 Å². The zero-order valence-electron chi connectivity index (χ0n) is 24.9. The number of hydrogen-bond acceptors (Lipinski definition) is 9. The van der Waals surface area contributed by atoms with E-state index >= 15 is 4.39 Å². The van der Waals surface area contributed by atoms with Crippen LogP contribution in [0.4, 0.5) is 29.2 Å². The third-order valence-electron chi connectivity index (χ3n) is 8.17. The van der Waals surface area contributed by atoms with Gasteiger partial charge in [0.1, 0.15) is 23.8 Å². The Balaban J connectivity index is 1.63. The summed E-state index contributed by atoms with van der Waals surface area (Å²) in [4.78, 5) is 19.3. The average Bonchev–Trinajstić information content (AvgIpc) is 3.35. The summed E-state index contributed by atoms with van der Waals surface area (Å²) in [5.74, 6) is -0.881. The van der Waals surface area contributed by atoms with E-state index in [-0.39, 0.29) is 52.0 Å². The maximum atomic E-state index is 16.6. The van der Waals surface area contributed by atoms with Gasteiger partial charge in [-0.05, 0) is 58.0 Å². The maximum absolute atomic E-state index is 16.6. The second-order valence-electron chi connectivity index (χ2n) is 11.4. The fourth-order valence-electron chi connectivity index (χ4n) is 5.99. The van der Waals surface area contributed by atoms with Gasteiger partial charge in [0.05, 0.1) is 35.2 Å². The minimum absolute atomic E-state index is 0.0725. The molecule has 2 N–H and O–H groups in total. The Morgan fingerprint density at radius 1 is 1.18 bits per heavy atom. The van der Waals surface area contributed by atoms with Gasteiger partial charge in [0, 0.05) is 37.1 Å². The molecular weight excluding hydrogens is 602 g/mol. The molecule has 0 amide bonds. The van der Waals surface area contributed by atoms with E-state index < -0.39 is 28.8 Å². The summed E-state index contributed by atoms with van der Waals surface area (Å²) in [5, 5.41) is -0.0211. The molecule has 2 aliphatic rings. The molecule has 2 aromatic heterocycles. The van der Waals surface area contributed by atoms with Crippen molar-refractivity contribution in [2.45, 2.75) is 44.9 Å². The normalized spacial score (nSPS) is 20.0. The molecule has 0 bridgehead atoms. The molecule has 0 saturated carbocycles. The lowest BCUT2D eigenvalue weighted by Crippen LogP contribution is -2.52. The number of nitrogens with zero attached hydrogens (tertiary/aromatic N) is 6. The number of likely N-dealkylation sites (tertiary alicyclic amines) is 1. The van der Waals surface area contributed by atoms with Gasteiger partial charge in [-0.15, -0.1) is 6.58 Å². The number of piperazine rings is 1. The van der Waals surface area contributed by atoms with Gasteiger partial charge in [0.2, 0.25) is 0 Å². The first-order valence-electron chi connectivity index (χ1n) is 14.4. The number of nitrogen functional groups attached to an aromatic ring is 1. The number of benzene rings is 1. The summed E-state index contributed by atoms with van der Waals surface area (Å²) >= 11 is 6.58. The summed E-state index contributed by atoms with van der Waals surface area (Å²) in [7, 11) is 2.00. The third kappa shape index (κ3) is 6.56. The van der Waals surface area contributed by atoms with Crippen molar-refractivity contribution in [1.82, 2.24) is 24.8 Å². The van der Waals surface area contributed by atoms with Crippen molar-refractivity contribution in [3.63, 3.8) is 0 Å². The van der Waals surface area contributed by atoms with Gasteiger partial charge in [0.15, 0.2) is 5.82 Å². The molecule has 0 spiro atoms. The number of halogens is 5. The van der Waals surface area contributed by atoms with Crippen molar-refractivity contribution < 1.29 is 27.0 Å². The lowest BCUT2D eigenvalue weighted by molar-refractivity contribution is -0.137. The van der Waals surface area contributed by atoms with Crippen LogP contribution in [0.3, 0.4) is 0 Å². The van der Waals surface area contributed by atoms with Crippen LogP contribution in [0.5, 0.6) is 6.01 Å². The lowest BCUT2D eigenvalue weighted by Gasteiger charge is -2.40. The first kappa shape index (κ1) is 32.1. The zero-order valence-corrected chi connectivity index (χ0v) is 25.7. The first-order chi connectivity index (χ1) is 20.9. The molecule has 0 aliphatic carbocycles. The summed E-state index contributed by atoms with van der Waals surface area (Å²) in [6.07, 6.45) is -1.20. The van der Waals surface area contributed by atoms with Crippen molar-refractivity contribution in [3.8, 4) is 17.3 Å². The van der Waals surface area contributed by atoms with Gasteiger partial charge in [-0.25, -0.2) is 9.37 Å². The molecule has 44 heavy (non-hydrogen) atoms. The van der Waals surface area contributed by atoms with Gasteiger partial charge >= 0.3 is 12.2 Å². The Labute approximate surface area is 258 Å². The molecule has 2 atom stereocenters. The van der Waals surface area contributed by atoms with Crippen LogP contribution in [0, 0.1) is 12.7 Å². The summed E-state index contributed by atoms with van der Waals surface area (Å²) in [5.41, 5.74) is 3.05. The number of aromatic nitrogens is 3. The number of fused-ring (bicyclic) bond motifs is 1. The zero-order chi connectivity index (χ0) is 31.8. The molecule has 14 heteroatoms. The smallest absolute Gasteiger partial charge is 0.418 e. The highest BCUT2D eigenvalue weighted by Gasteiger charge is 2.39. The van der Waals surface area contributed by atoms with E-state index in [0.717, 1.165) is 25.5 Å². The summed E-state index contributed by atoms with van der Waals surface area (Å²) in [6.45, 7) is 10.8. The lowest BCUT2D eigenvalue weighted by atomic mass is 9.99. The average molecular weight is 638 g/mol. The Morgan fingerprint density at radius 3 is 2.61 bits per heavy atom. The second-order valence-corrected chi connectivity index (χ2v) is 11.8. The standard InChI is InChI=1S/C30H36ClF4N7O2/c1-5-11-43-16-41-9-10-42(18(3)14-41)28-20-13-21(31)23(27-24(30(33,34)35)17(2)12-22(36)37-27)25(32)26(20)38-29(39-28)44-15-19-7-6-8-40(19)4/h5,12-13,18-19H,1,6-11,14-16H2,2-4H3,(H2,36,37)/t18-,19-/m0/s1. The van der Waals surface area contributed by atoms with Crippen molar-refractivity contribution in [2.24, 2.45) is 0 Å². The van der Waals surface area contributed by atoms with E-state index in [1.807, 2.05) is 18.9 Å². The van der Waals surface area contributed by atoms with Crippen molar-refractivity contribution in [3.05, 3.63) is 46.8 Å². The number of alkyl halides is 3. The maximum Gasteiger partial charge on any atom is 0.418 e. The Bertz CT molecular complexity index is 1540. The Hall–Kier alpha value is -3.26. The van der Waals surface area contributed by atoms with Crippen LogP contribution in [-0.4, -0.2) is 90.0 Å². The number of ether oxygens (including phenoxy) is 2. The van der Waals surface area contributed by atoms with Gasteiger partial charge < -0.3 is 25.0 Å². The Morgan fingerprint density at radius 2 is 1.95 bits per heavy atom. The number of likely N-dealkylation sites (N-methyl/N-ethyl adjacent to an activating group) is 1. The van der Waals surface area contributed by atoms with Gasteiger partial charge in [0.25, 0.3) is 0 Å². The van der Waals surface area contributed by atoms with E-state index in [1.54, 1.807) is 6.08 Å². The molecule has 5 rings (SSSR count). The molecule has 0 unspecified atom stereocenters. The van der Waals surface area contributed by atoms with Crippen LogP contribution in [0.25, 0.3) is 22.2 Å². The number of pyridine rings is 1. The number of hydrogen-bond donors (Lipinski definition) is 1. The summed E-state index contributed by atoms with van der Waals surface area (Å²) < 4.78 is 70.8. The molecule has 0 radical (unpaired) electrons. The predicted octanol–water partition coefficient (Wildman–Crippen LogP) is 5.54. The van der Waals surface area contributed by atoms with Crippen LogP contribution >= 0.6 is 11.6 Å². The van der Waals surface area contributed by atoms with Crippen LogP contribution in [-0.2, 0) is 10.9 Å². The number of aryl methyl sites for hydroxylation is 1. The molecule has 3 aromatic rings. The third-order valence-corrected chi connectivity index (χ3v) is 8.47. The van der Waals surface area contributed by atoms with E-state index in [4.69, 9.17) is 31.8 Å². The second kappa shape index (κ2) is 13.0. The fraction of sp³-hybridized carbons (Fsp3) is 0.500. The van der Waals surface area contributed by atoms with E-state index in [0.29, 0.717) is 38.8 Å². The van der Waals surface area contributed by atoms with E-state index in [2.05, 4.69) is 26.3 Å². The van der Waals surface area contributed by atoms with E-state index in [9.17, 15) is 13.2 Å². The largest absolute Gasteiger partial charge is 0.462 e. The quantitative estimate of drug-likeness (QED) is 0.185. The molecule has 1 aromatic carbocycles. The van der Waals surface area contributed by atoms with Crippen LogP contribution in [0.15, 0.2) is 24.8 Å². The monoisotopic (exact) mass is 637 g/mol. The van der Waals surface area contributed by atoms with Gasteiger partial charge in [-0.1, -0.05) is 17.7 Å². The van der Waals surface area contributed by atoms with E-state index in [1.165, 1.54) is 13.0 Å². The highest BCUT2D eigenvalue weighted by molar-refractivity contribution is 6.34. The van der Waals surface area contributed by atoms with Crippen LogP contribution in [0.1, 0.15) is 30.9 Å². The van der Waals surface area contributed by atoms with Crippen LogP contribution in [0.2, 0.25) is 5.02 Å². The molecule has 238 valence electrons. The van der Waals surface area contributed by atoms with Crippen molar-refractivity contribution >= 4 is 34.1 Å². The van der Waals surface area contributed by atoms with Crippen LogP contribution < -0.4 is 15.4 Å². The minimum Gasteiger partial charge on any atom is -0.462 e. The molecule has 2 aliphatic heterocycles. The SMILES string of the molecule is C=CCOCN1CCN(c2nc(OC[C@@H]3CCCN3C)nc3c(F)c(-c4nc(N)cc(C)c4C(F)(F)F)c(Cl)cc23)[C@@H](C)C1. The molecule has 2 fully saturated rings. The highest BCUT2D eigenvalue weighted by Crippen LogP contribution is 2.44. The summed E-state index contributed by atoms with van der Waals surface area (Å²) in [6, 6.07) is 2.47. The predicted molar refractivity (Wildman–Crippen MR) is 162 cm³/mol. The molecular formula is C30H36ClF4N7O2. The Kier molecular flexibility index (Phi) is 9.49. The fourth-order valence-corrected chi connectivity index (χ4v) is 6.27. The molecule has 9 nitrogen and oxygen atoms in total. The molecule has 4 heterocycles. The highest BCUT2D eigenvalue weighted by atomic mass is 35.5. The van der Waals surface area contributed by atoms with Gasteiger partial charge in [-0.3, -0.25) is 4.90 Å². The van der Waals surface area contributed by atoms with Crippen molar-refractivity contribution in [1.29, 1.82) is 0 Å². The number of anilines is 2. The van der Waals surface area contributed by atoms with Crippen molar-refractivity contribution in [2.75, 3.05) is 63.8 Å². The number of rotatable bonds is 9. The van der Waals surface area contributed by atoms with Gasteiger partial charge in [-0.2, -0.15) is 23.1 Å². The first-order valence-corrected chi connectivity index (χ1v) is 14.8. The number of nitrogens with two attached hydrogens (primary N) is 1.